The number of rotatable bonds is 7. The first kappa shape index (κ1) is 16.9. The summed E-state index contributed by atoms with van der Waals surface area (Å²) >= 11 is 7.39. The Morgan fingerprint density at radius 3 is 2.71 bits per heavy atom. The molecule has 0 fully saturated rings. The zero-order chi connectivity index (χ0) is 16.8. The van der Waals surface area contributed by atoms with E-state index in [4.69, 9.17) is 16.3 Å². The fourth-order valence-electron chi connectivity index (χ4n) is 2.23. The van der Waals surface area contributed by atoms with Crippen molar-refractivity contribution in [3.63, 3.8) is 0 Å². The summed E-state index contributed by atoms with van der Waals surface area (Å²) in [6.07, 6.45) is 1.92. The molecule has 3 aromatic rings. The molecule has 0 bridgehead atoms. The summed E-state index contributed by atoms with van der Waals surface area (Å²) in [6, 6.07) is 14.7. The second-order valence-electron chi connectivity index (χ2n) is 5.25. The lowest BCUT2D eigenvalue weighted by Gasteiger charge is -2.06. The average Bonchev–Trinajstić information content (AvgIpc) is 2.60. The van der Waals surface area contributed by atoms with E-state index in [0.29, 0.717) is 22.2 Å². The third-order valence-electron chi connectivity index (χ3n) is 3.45. The van der Waals surface area contributed by atoms with Gasteiger partial charge in [0.25, 0.3) is 5.56 Å². The van der Waals surface area contributed by atoms with Crippen molar-refractivity contribution in [1.82, 2.24) is 9.97 Å². The molecule has 0 atom stereocenters. The summed E-state index contributed by atoms with van der Waals surface area (Å²) in [6.45, 7) is 0.657. The minimum Gasteiger partial charge on any atom is -0.494 e. The summed E-state index contributed by atoms with van der Waals surface area (Å²) in [5, 5.41) is 1.99. The molecule has 0 saturated heterocycles. The second-order valence-corrected chi connectivity index (χ2v) is 6.77. The van der Waals surface area contributed by atoms with Crippen LogP contribution in [0.5, 0.6) is 5.75 Å². The number of hydrogen-bond acceptors (Lipinski definition) is 4. The Morgan fingerprint density at radius 2 is 1.88 bits per heavy atom. The van der Waals surface area contributed by atoms with Crippen LogP contribution in [-0.4, -0.2) is 22.3 Å². The Hall–Kier alpha value is -1.98. The van der Waals surface area contributed by atoms with Crippen LogP contribution in [0.3, 0.4) is 0 Å². The Kier molecular flexibility index (Phi) is 5.77. The van der Waals surface area contributed by atoms with Crippen LogP contribution in [0.1, 0.15) is 12.8 Å². The van der Waals surface area contributed by atoms with E-state index in [1.165, 1.54) is 0 Å². The standard InChI is InChI=1S/C18H17ClN2O2S/c19-13-7-9-14(10-8-13)23-11-3-4-12-24-18-20-16-6-2-1-5-15(16)17(22)21-18/h1-2,5-10H,3-4,11-12H2,(H,20,21,22). The van der Waals surface area contributed by atoms with E-state index in [1.54, 1.807) is 17.8 Å². The van der Waals surface area contributed by atoms with Crippen LogP contribution in [0.25, 0.3) is 10.9 Å². The highest BCUT2D eigenvalue weighted by Crippen LogP contribution is 2.18. The molecule has 0 unspecified atom stereocenters. The number of hydrogen-bond donors (Lipinski definition) is 1. The molecule has 0 amide bonds. The number of nitrogens with one attached hydrogen (secondary N) is 1. The van der Waals surface area contributed by atoms with Crippen molar-refractivity contribution in [3.8, 4) is 5.75 Å². The zero-order valence-electron chi connectivity index (χ0n) is 13.0. The molecular formula is C18H17ClN2O2S. The lowest BCUT2D eigenvalue weighted by Crippen LogP contribution is -2.09. The van der Waals surface area contributed by atoms with Gasteiger partial charge in [0.05, 0.1) is 17.5 Å². The van der Waals surface area contributed by atoms with E-state index in [1.807, 2.05) is 42.5 Å². The van der Waals surface area contributed by atoms with Crippen LogP contribution >= 0.6 is 23.4 Å². The smallest absolute Gasteiger partial charge is 0.259 e. The molecule has 0 aliphatic heterocycles. The van der Waals surface area contributed by atoms with Gasteiger partial charge in [-0.3, -0.25) is 4.79 Å². The van der Waals surface area contributed by atoms with Gasteiger partial charge in [-0.15, -0.1) is 0 Å². The van der Waals surface area contributed by atoms with Crippen molar-refractivity contribution in [2.24, 2.45) is 0 Å². The molecule has 0 spiro atoms. The number of halogens is 1. The van der Waals surface area contributed by atoms with E-state index in [0.717, 1.165) is 29.9 Å². The van der Waals surface area contributed by atoms with Gasteiger partial charge >= 0.3 is 0 Å². The predicted octanol–water partition coefficient (Wildman–Crippen LogP) is 4.53. The molecule has 1 heterocycles. The summed E-state index contributed by atoms with van der Waals surface area (Å²) in [7, 11) is 0. The summed E-state index contributed by atoms with van der Waals surface area (Å²) in [4.78, 5) is 19.3. The van der Waals surface area contributed by atoms with Crippen LogP contribution in [-0.2, 0) is 0 Å². The van der Waals surface area contributed by atoms with Crippen molar-refractivity contribution in [1.29, 1.82) is 0 Å². The Morgan fingerprint density at radius 1 is 1.08 bits per heavy atom. The molecule has 24 heavy (non-hydrogen) atoms. The minimum atomic E-state index is -0.0887. The molecule has 0 aliphatic carbocycles. The zero-order valence-corrected chi connectivity index (χ0v) is 14.6. The third kappa shape index (κ3) is 4.52. The molecule has 3 rings (SSSR count). The topological polar surface area (TPSA) is 55.0 Å². The van der Waals surface area contributed by atoms with E-state index in [2.05, 4.69) is 9.97 Å². The first-order chi connectivity index (χ1) is 11.7. The third-order valence-corrected chi connectivity index (χ3v) is 4.66. The molecule has 4 nitrogen and oxygen atoms in total. The predicted molar refractivity (Wildman–Crippen MR) is 99.3 cm³/mol. The first-order valence-corrected chi connectivity index (χ1v) is 9.09. The van der Waals surface area contributed by atoms with Crippen LogP contribution < -0.4 is 10.3 Å². The Bertz CT molecular complexity index is 865. The minimum absolute atomic E-state index is 0.0887. The van der Waals surface area contributed by atoms with Crippen LogP contribution in [0, 0.1) is 0 Å². The van der Waals surface area contributed by atoms with Crippen LogP contribution in [0.15, 0.2) is 58.5 Å². The second kappa shape index (κ2) is 8.22. The fraction of sp³-hybridized carbons (Fsp3) is 0.222. The van der Waals surface area contributed by atoms with Crippen molar-refractivity contribution < 1.29 is 4.74 Å². The lowest BCUT2D eigenvalue weighted by atomic mass is 10.2. The molecule has 0 saturated carbocycles. The molecule has 1 N–H and O–H groups in total. The number of benzene rings is 2. The molecule has 0 radical (unpaired) electrons. The highest BCUT2D eigenvalue weighted by molar-refractivity contribution is 7.99. The normalized spacial score (nSPS) is 10.9. The van der Waals surface area contributed by atoms with Gasteiger partial charge in [-0.05, 0) is 49.2 Å². The van der Waals surface area contributed by atoms with Gasteiger partial charge in [0.15, 0.2) is 5.16 Å². The quantitative estimate of drug-likeness (QED) is 0.382. The van der Waals surface area contributed by atoms with Gasteiger partial charge in [-0.1, -0.05) is 35.5 Å². The maximum Gasteiger partial charge on any atom is 0.259 e. The molecule has 0 aliphatic rings. The van der Waals surface area contributed by atoms with E-state index >= 15 is 0 Å². The van der Waals surface area contributed by atoms with Gasteiger partial charge < -0.3 is 9.72 Å². The highest BCUT2D eigenvalue weighted by Gasteiger charge is 2.03. The maximum atomic E-state index is 12.0. The number of thioether (sulfide) groups is 1. The number of para-hydroxylation sites is 1. The van der Waals surface area contributed by atoms with Crippen molar-refractivity contribution in [2.75, 3.05) is 12.4 Å². The monoisotopic (exact) mass is 360 g/mol. The number of H-pyrrole nitrogens is 1. The first-order valence-electron chi connectivity index (χ1n) is 7.72. The summed E-state index contributed by atoms with van der Waals surface area (Å²) in [5.74, 6) is 1.71. The Labute approximate surface area is 149 Å². The number of aromatic amines is 1. The van der Waals surface area contributed by atoms with E-state index < -0.39 is 0 Å². The van der Waals surface area contributed by atoms with Crippen molar-refractivity contribution in [3.05, 3.63) is 63.9 Å². The molecular weight excluding hydrogens is 344 g/mol. The largest absolute Gasteiger partial charge is 0.494 e. The highest BCUT2D eigenvalue weighted by atomic mass is 35.5. The van der Waals surface area contributed by atoms with Gasteiger partial charge in [0, 0.05) is 10.8 Å². The average molecular weight is 361 g/mol. The number of aromatic nitrogens is 2. The maximum absolute atomic E-state index is 12.0. The van der Waals surface area contributed by atoms with Gasteiger partial charge in [-0.25, -0.2) is 4.98 Å². The summed E-state index contributed by atoms with van der Waals surface area (Å²) < 4.78 is 5.65. The van der Waals surface area contributed by atoms with Gasteiger partial charge in [0.2, 0.25) is 0 Å². The van der Waals surface area contributed by atoms with Gasteiger partial charge in [-0.2, -0.15) is 0 Å². The van der Waals surface area contributed by atoms with Crippen molar-refractivity contribution >= 4 is 34.3 Å². The van der Waals surface area contributed by atoms with Crippen LogP contribution in [0.4, 0.5) is 0 Å². The fourth-order valence-corrected chi connectivity index (χ4v) is 3.22. The van der Waals surface area contributed by atoms with E-state index in [9.17, 15) is 4.79 Å². The lowest BCUT2D eigenvalue weighted by molar-refractivity contribution is 0.310. The SMILES string of the molecule is O=c1[nH]c(SCCCCOc2ccc(Cl)cc2)nc2ccccc12. The van der Waals surface area contributed by atoms with Crippen LogP contribution in [0.2, 0.25) is 5.02 Å². The number of ether oxygens (including phenoxy) is 1. The summed E-state index contributed by atoms with van der Waals surface area (Å²) in [5.41, 5.74) is 0.643. The number of unbranched alkanes of at least 4 members (excludes halogenated alkanes) is 1. The molecule has 124 valence electrons. The molecule has 1 aromatic heterocycles. The molecule has 2 aromatic carbocycles. The van der Waals surface area contributed by atoms with Gasteiger partial charge in [0.1, 0.15) is 5.75 Å². The van der Waals surface area contributed by atoms with E-state index in [-0.39, 0.29) is 5.56 Å². The van der Waals surface area contributed by atoms with Crippen molar-refractivity contribution in [2.45, 2.75) is 18.0 Å². The Balaban J connectivity index is 1.43. The number of fused-ring (bicyclic) bond motifs is 1. The number of nitrogens with zero attached hydrogens (tertiary/aromatic N) is 1. The molecule has 6 heteroatoms.